The molecular weight excluding hydrogens is 390 g/mol. The van der Waals surface area contributed by atoms with Crippen LogP contribution in [-0.4, -0.2) is 57.7 Å². The topological polar surface area (TPSA) is 62.2 Å². The fourth-order valence-corrected chi connectivity index (χ4v) is 9.82. The third kappa shape index (κ3) is 1.76. The second kappa shape index (κ2) is 5.26. The van der Waals surface area contributed by atoms with Crippen molar-refractivity contribution in [2.75, 3.05) is 13.7 Å². The first-order chi connectivity index (χ1) is 14.7. The van der Waals surface area contributed by atoms with Crippen LogP contribution in [0.25, 0.3) is 0 Å². The van der Waals surface area contributed by atoms with Crippen LogP contribution in [0.15, 0.2) is 12.1 Å². The van der Waals surface area contributed by atoms with Crippen molar-refractivity contribution >= 4 is 0 Å². The van der Waals surface area contributed by atoms with Gasteiger partial charge in [0.2, 0.25) is 0 Å². The van der Waals surface area contributed by atoms with Crippen LogP contribution in [0, 0.1) is 11.3 Å². The van der Waals surface area contributed by atoms with E-state index in [1.54, 1.807) is 0 Å². The van der Waals surface area contributed by atoms with Crippen LogP contribution in [0.4, 0.5) is 0 Å². The zero-order chi connectivity index (χ0) is 21.6. The van der Waals surface area contributed by atoms with Gasteiger partial charge in [0.25, 0.3) is 0 Å². The van der Waals surface area contributed by atoms with Gasteiger partial charge in [-0.25, -0.2) is 0 Å². The fourth-order valence-electron chi connectivity index (χ4n) is 9.82. The lowest BCUT2D eigenvalue weighted by Crippen LogP contribution is -2.87. The van der Waals surface area contributed by atoms with Crippen molar-refractivity contribution in [1.29, 1.82) is 0 Å². The van der Waals surface area contributed by atoms with Gasteiger partial charge in [-0.15, -0.1) is 0 Å². The maximum absolute atomic E-state index is 11.4. The Balaban J connectivity index is 1.57. The van der Waals surface area contributed by atoms with E-state index < -0.39 is 16.8 Å². The quantitative estimate of drug-likeness (QED) is 0.776. The summed E-state index contributed by atoms with van der Waals surface area (Å²) in [7, 11) is 1.81. The predicted octanol–water partition coefficient (Wildman–Crippen LogP) is 3.53. The van der Waals surface area contributed by atoms with Gasteiger partial charge < -0.3 is 19.7 Å². The molecular formula is C26H35NO4. The number of hydrogen-bond donors (Lipinski definition) is 2. The zero-order valence-corrected chi connectivity index (χ0v) is 19.2. The molecule has 2 N–H and O–H groups in total. The maximum atomic E-state index is 11.4. The summed E-state index contributed by atoms with van der Waals surface area (Å²) in [5, 5.41) is 22.4. The molecule has 5 aliphatic carbocycles. The molecule has 0 amide bonds. The highest BCUT2D eigenvalue weighted by molar-refractivity contribution is 5.65. The van der Waals surface area contributed by atoms with Crippen LogP contribution in [-0.2, 0) is 16.6 Å². The number of methoxy groups -OCH3 is 1. The van der Waals surface area contributed by atoms with Crippen molar-refractivity contribution < 1.29 is 19.7 Å². The first-order valence-electron chi connectivity index (χ1n) is 12.2. The summed E-state index contributed by atoms with van der Waals surface area (Å²) < 4.78 is 13.4. The third-order valence-electron chi connectivity index (χ3n) is 10.9. The third-order valence-corrected chi connectivity index (χ3v) is 10.9. The van der Waals surface area contributed by atoms with E-state index in [2.05, 4.69) is 17.9 Å². The van der Waals surface area contributed by atoms with Gasteiger partial charge in [0.05, 0.1) is 11.0 Å². The molecule has 31 heavy (non-hydrogen) atoms. The summed E-state index contributed by atoms with van der Waals surface area (Å²) in [4.78, 5) is 2.83. The molecule has 0 unspecified atom stereocenters. The minimum atomic E-state index is -0.868. The normalized spacial score (nSPS) is 47.3. The molecule has 2 aliphatic heterocycles. The van der Waals surface area contributed by atoms with E-state index in [-0.39, 0.29) is 22.5 Å². The lowest BCUT2D eigenvalue weighted by atomic mass is 9.30. The van der Waals surface area contributed by atoms with Crippen molar-refractivity contribution in [3.05, 3.63) is 23.3 Å². The summed E-state index contributed by atoms with van der Waals surface area (Å²) in [6.45, 7) is 7.25. The number of fused-ring (bicyclic) bond motifs is 2. The second-order valence-electron chi connectivity index (χ2n) is 12.1. The molecule has 6 atom stereocenters. The van der Waals surface area contributed by atoms with Crippen molar-refractivity contribution in [2.45, 2.75) is 100 Å². The molecule has 5 fully saturated rings. The van der Waals surface area contributed by atoms with E-state index in [0.29, 0.717) is 11.8 Å². The van der Waals surface area contributed by atoms with Gasteiger partial charge in [0.1, 0.15) is 11.2 Å². The molecule has 0 radical (unpaired) electrons. The number of hydrogen-bond acceptors (Lipinski definition) is 5. The molecule has 0 aromatic heterocycles. The first kappa shape index (κ1) is 19.2. The molecule has 1 aromatic rings. The van der Waals surface area contributed by atoms with Crippen molar-refractivity contribution in [3.63, 3.8) is 0 Å². The Labute approximate surface area is 184 Å². The second-order valence-corrected chi connectivity index (χ2v) is 12.1. The highest BCUT2D eigenvalue weighted by Crippen LogP contribution is 2.81. The van der Waals surface area contributed by atoms with Crippen molar-refractivity contribution in [3.8, 4) is 11.5 Å². The molecule has 8 rings (SSSR count). The van der Waals surface area contributed by atoms with Crippen LogP contribution in [0.1, 0.15) is 70.4 Å². The van der Waals surface area contributed by atoms with Crippen LogP contribution in [0.3, 0.4) is 0 Å². The predicted molar refractivity (Wildman–Crippen MR) is 116 cm³/mol. The summed E-state index contributed by atoms with van der Waals surface area (Å²) in [6, 6.07) is 5.17. The van der Waals surface area contributed by atoms with Crippen LogP contribution >= 0.6 is 0 Å². The zero-order valence-electron chi connectivity index (χ0n) is 19.2. The number of aromatic hydroxyl groups is 1. The van der Waals surface area contributed by atoms with Crippen LogP contribution in [0.5, 0.6) is 11.5 Å². The monoisotopic (exact) mass is 425 g/mol. The average molecular weight is 426 g/mol. The number of benzene rings is 1. The first-order valence-corrected chi connectivity index (χ1v) is 12.2. The molecule has 2 heterocycles. The molecule has 2 spiro atoms. The highest BCUT2D eigenvalue weighted by atomic mass is 16.6. The number of rotatable bonds is 3. The number of ether oxygens (including phenoxy) is 2. The molecule has 168 valence electrons. The molecule has 1 saturated heterocycles. The van der Waals surface area contributed by atoms with Crippen molar-refractivity contribution in [1.82, 2.24) is 4.90 Å². The molecule has 5 nitrogen and oxygen atoms in total. The van der Waals surface area contributed by atoms with E-state index in [4.69, 9.17) is 9.47 Å². The Hall–Kier alpha value is -1.30. The average Bonchev–Trinajstić information content (AvgIpc) is 3.50. The summed E-state index contributed by atoms with van der Waals surface area (Å²) in [5.74, 6) is 0.936. The number of piperidine rings is 1. The van der Waals surface area contributed by atoms with Crippen LogP contribution in [0.2, 0.25) is 0 Å². The molecule has 4 bridgehead atoms. The van der Waals surface area contributed by atoms with E-state index in [9.17, 15) is 10.2 Å². The minimum absolute atomic E-state index is 0.0171. The Morgan fingerprint density at radius 3 is 2.65 bits per heavy atom. The van der Waals surface area contributed by atoms with Crippen molar-refractivity contribution in [2.24, 2.45) is 11.3 Å². The Bertz CT molecular complexity index is 998. The molecule has 5 heteroatoms. The van der Waals surface area contributed by atoms with Gasteiger partial charge in [-0.3, -0.25) is 4.90 Å². The highest BCUT2D eigenvalue weighted by Gasteiger charge is 2.86. The van der Waals surface area contributed by atoms with E-state index in [0.717, 1.165) is 44.7 Å². The molecule has 4 saturated carbocycles. The lowest BCUT2D eigenvalue weighted by Gasteiger charge is -2.78. The maximum Gasteiger partial charge on any atom is 0.166 e. The van der Waals surface area contributed by atoms with E-state index in [1.165, 1.54) is 24.0 Å². The number of phenols is 1. The van der Waals surface area contributed by atoms with Gasteiger partial charge in [0, 0.05) is 36.1 Å². The van der Waals surface area contributed by atoms with E-state index >= 15 is 0 Å². The van der Waals surface area contributed by atoms with Gasteiger partial charge >= 0.3 is 0 Å². The summed E-state index contributed by atoms with van der Waals surface area (Å²) in [6.07, 6.45) is 7.68. The molecule has 7 aliphatic rings. The summed E-state index contributed by atoms with van der Waals surface area (Å²) in [5.41, 5.74) is 0.438. The largest absolute Gasteiger partial charge is 0.504 e. The lowest BCUT2D eigenvalue weighted by molar-refractivity contribution is -0.336. The Morgan fingerprint density at radius 2 is 1.97 bits per heavy atom. The minimum Gasteiger partial charge on any atom is -0.504 e. The number of nitrogens with zero attached hydrogens (tertiary/aromatic N) is 1. The SMILES string of the molecule is CO[C@]12CC[C@@]3(C[C@@H]1C(C)(C)O)[C@H]1Cc4ccc(O)c5c4[C@@]3(CCN1C1CC1)[C@]2(C)O5. The Morgan fingerprint density at radius 1 is 1.19 bits per heavy atom. The summed E-state index contributed by atoms with van der Waals surface area (Å²) >= 11 is 0. The van der Waals surface area contributed by atoms with Crippen LogP contribution < -0.4 is 4.74 Å². The van der Waals surface area contributed by atoms with Gasteiger partial charge in [-0.2, -0.15) is 0 Å². The standard InChI is InChI=1S/C26H35NO4/c1-22(2,29)18-14-24-9-10-26(18,30-4)23(3)25(24)11-12-27(16-6-7-16)19(24)13-15-5-8-17(28)21(31-23)20(15)25/h5,8,16,18-19,28-29H,6-7,9-14H2,1-4H3/t18-,19-,23+,24-,25+,26-/m1/s1. The molecule has 1 aromatic carbocycles. The van der Waals surface area contributed by atoms with E-state index in [1.807, 2.05) is 27.0 Å². The number of aliphatic hydroxyl groups is 1. The van der Waals surface area contributed by atoms with Gasteiger partial charge in [-0.05, 0) is 83.9 Å². The van der Waals surface area contributed by atoms with Gasteiger partial charge in [-0.1, -0.05) is 6.07 Å². The van der Waals surface area contributed by atoms with Gasteiger partial charge in [0.15, 0.2) is 11.5 Å². The Kier molecular flexibility index (Phi) is 3.26. The number of phenolic OH excluding ortho intramolecular Hbond substituents is 1. The number of likely N-dealkylation sites (tertiary alicyclic amines) is 1. The fraction of sp³-hybridized carbons (Fsp3) is 0.769. The smallest absolute Gasteiger partial charge is 0.166 e.